The molecular formula is C13H14BrN3O2. The van der Waals surface area contributed by atoms with Crippen LogP contribution < -0.4 is 15.2 Å². The molecule has 0 bridgehead atoms. The fourth-order valence-corrected chi connectivity index (χ4v) is 2.57. The maximum Gasteiger partial charge on any atom is 0.171 e. The number of nitrogens with zero attached hydrogens (tertiary/aromatic N) is 2. The molecule has 2 heterocycles. The van der Waals surface area contributed by atoms with Crippen LogP contribution in [0.5, 0.6) is 11.5 Å². The van der Waals surface area contributed by atoms with Crippen molar-refractivity contribution in [1.82, 2.24) is 9.78 Å². The van der Waals surface area contributed by atoms with E-state index in [4.69, 9.17) is 15.2 Å². The zero-order valence-corrected chi connectivity index (χ0v) is 12.3. The molecule has 0 amide bonds. The van der Waals surface area contributed by atoms with Gasteiger partial charge in [-0.3, -0.25) is 4.68 Å². The van der Waals surface area contributed by atoms with Gasteiger partial charge in [0.05, 0.1) is 11.3 Å². The van der Waals surface area contributed by atoms with Gasteiger partial charge in [-0.15, -0.1) is 0 Å². The molecule has 0 fully saturated rings. The lowest BCUT2D eigenvalue weighted by molar-refractivity contribution is 0.172. The third-order valence-electron chi connectivity index (χ3n) is 3.20. The second-order valence-electron chi connectivity index (χ2n) is 4.46. The molecule has 0 atom stereocenters. The van der Waals surface area contributed by atoms with Crippen molar-refractivity contribution in [2.75, 3.05) is 18.9 Å². The van der Waals surface area contributed by atoms with Crippen molar-refractivity contribution >= 4 is 21.7 Å². The Kier molecular flexibility index (Phi) is 2.89. The number of hydrogen-bond donors (Lipinski definition) is 1. The summed E-state index contributed by atoms with van der Waals surface area (Å²) in [6, 6.07) is 3.77. The van der Waals surface area contributed by atoms with E-state index in [1.165, 1.54) is 0 Å². The fourth-order valence-electron chi connectivity index (χ4n) is 2.16. The van der Waals surface area contributed by atoms with E-state index in [1.807, 2.05) is 26.1 Å². The van der Waals surface area contributed by atoms with Gasteiger partial charge in [-0.2, -0.15) is 5.10 Å². The summed E-state index contributed by atoms with van der Waals surface area (Å²) in [7, 11) is 1.82. The first-order valence-electron chi connectivity index (χ1n) is 5.96. The van der Waals surface area contributed by atoms with Gasteiger partial charge in [-0.25, -0.2) is 0 Å². The predicted octanol–water partition coefficient (Wildman–Crippen LogP) is 2.51. The summed E-state index contributed by atoms with van der Waals surface area (Å²) >= 11 is 3.55. The molecule has 5 nitrogen and oxygen atoms in total. The van der Waals surface area contributed by atoms with Gasteiger partial charge in [0, 0.05) is 17.6 Å². The Morgan fingerprint density at radius 1 is 1.32 bits per heavy atom. The molecule has 0 unspecified atom stereocenters. The summed E-state index contributed by atoms with van der Waals surface area (Å²) < 4.78 is 14.0. The topological polar surface area (TPSA) is 62.3 Å². The van der Waals surface area contributed by atoms with Gasteiger partial charge in [0.1, 0.15) is 19.0 Å². The smallest absolute Gasteiger partial charge is 0.171 e. The predicted molar refractivity (Wildman–Crippen MR) is 76.5 cm³/mol. The highest BCUT2D eigenvalue weighted by Crippen LogP contribution is 2.45. The van der Waals surface area contributed by atoms with Crippen LogP contribution in [0.25, 0.3) is 11.3 Å². The first kappa shape index (κ1) is 12.3. The van der Waals surface area contributed by atoms with Gasteiger partial charge in [0.15, 0.2) is 11.5 Å². The van der Waals surface area contributed by atoms with Crippen molar-refractivity contribution in [1.29, 1.82) is 0 Å². The summed E-state index contributed by atoms with van der Waals surface area (Å²) in [4.78, 5) is 0. The van der Waals surface area contributed by atoms with Crippen molar-refractivity contribution in [3.05, 3.63) is 22.2 Å². The number of ether oxygens (including phenoxy) is 2. The summed E-state index contributed by atoms with van der Waals surface area (Å²) in [5.41, 5.74) is 8.64. The quantitative estimate of drug-likeness (QED) is 0.875. The second kappa shape index (κ2) is 4.45. The van der Waals surface area contributed by atoms with Gasteiger partial charge in [0.25, 0.3) is 0 Å². The van der Waals surface area contributed by atoms with E-state index >= 15 is 0 Å². The number of nitrogens with two attached hydrogens (primary N) is 1. The average Bonchev–Trinajstić information content (AvgIpc) is 2.71. The largest absolute Gasteiger partial charge is 0.486 e. The summed E-state index contributed by atoms with van der Waals surface area (Å²) in [6.45, 7) is 3.12. The lowest BCUT2D eigenvalue weighted by Gasteiger charge is -2.22. The minimum atomic E-state index is 0.545. The Balaban J connectivity index is 2.26. The third kappa shape index (κ3) is 1.96. The molecule has 100 valence electrons. The summed E-state index contributed by atoms with van der Waals surface area (Å²) in [5.74, 6) is 2.09. The molecule has 1 aromatic carbocycles. The normalized spacial score (nSPS) is 13.6. The van der Waals surface area contributed by atoms with Crippen LogP contribution >= 0.6 is 15.9 Å². The first-order valence-corrected chi connectivity index (χ1v) is 6.76. The van der Waals surface area contributed by atoms with Crippen LogP contribution in [0.2, 0.25) is 0 Å². The van der Waals surface area contributed by atoms with E-state index < -0.39 is 0 Å². The SMILES string of the molecule is Cc1c(Br)cc2c(c1-c1cc(N)n(C)n1)OCCO2. The van der Waals surface area contributed by atoms with E-state index in [9.17, 15) is 0 Å². The van der Waals surface area contributed by atoms with Crippen LogP contribution in [0.3, 0.4) is 0 Å². The van der Waals surface area contributed by atoms with Crippen molar-refractivity contribution in [3.63, 3.8) is 0 Å². The molecule has 1 aliphatic rings. The fraction of sp³-hybridized carbons (Fsp3) is 0.308. The zero-order chi connectivity index (χ0) is 13.6. The number of nitrogen functional groups attached to an aromatic ring is 1. The lowest BCUT2D eigenvalue weighted by Crippen LogP contribution is -2.16. The highest BCUT2D eigenvalue weighted by molar-refractivity contribution is 9.10. The van der Waals surface area contributed by atoms with Crippen molar-refractivity contribution in [2.45, 2.75) is 6.92 Å². The molecule has 0 aliphatic carbocycles. The summed E-state index contributed by atoms with van der Waals surface area (Å²) in [6.07, 6.45) is 0. The highest BCUT2D eigenvalue weighted by Gasteiger charge is 2.23. The molecule has 1 aliphatic heterocycles. The van der Waals surface area contributed by atoms with Crippen LogP contribution in [0.15, 0.2) is 16.6 Å². The monoisotopic (exact) mass is 323 g/mol. The van der Waals surface area contributed by atoms with Crippen LogP contribution in [-0.2, 0) is 7.05 Å². The third-order valence-corrected chi connectivity index (χ3v) is 4.03. The Hall–Kier alpha value is -1.69. The van der Waals surface area contributed by atoms with Crippen LogP contribution in [0.1, 0.15) is 5.56 Å². The average molecular weight is 324 g/mol. The van der Waals surface area contributed by atoms with Gasteiger partial charge in [0.2, 0.25) is 0 Å². The minimum absolute atomic E-state index is 0.545. The molecule has 6 heteroatoms. The Bertz CT molecular complexity index is 632. The molecule has 0 saturated heterocycles. The van der Waals surface area contributed by atoms with Gasteiger partial charge in [-0.1, -0.05) is 15.9 Å². The summed E-state index contributed by atoms with van der Waals surface area (Å²) in [5, 5.41) is 4.43. The Labute approximate surface area is 119 Å². The van der Waals surface area contributed by atoms with Gasteiger partial charge in [-0.05, 0) is 18.6 Å². The molecule has 19 heavy (non-hydrogen) atoms. The molecular weight excluding hydrogens is 310 g/mol. The van der Waals surface area contributed by atoms with Crippen LogP contribution in [0, 0.1) is 6.92 Å². The molecule has 0 radical (unpaired) electrons. The zero-order valence-electron chi connectivity index (χ0n) is 10.7. The van der Waals surface area contributed by atoms with Crippen molar-refractivity contribution in [3.8, 4) is 22.8 Å². The maximum atomic E-state index is 5.86. The first-order chi connectivity index (χ1) is 9.08. The Morgan fingerprint density at radius 2 is 2.05 bits per heavy atom. The van der Waals surface area contributed by atoms with E-state index in [1.54, 1.807) is 4.68 Å². The highest BCUT2D eigenvalue weighted by atomic mass is 79.9. The molecule has 0 saturated carbocycles. The number of anilines is 1. The van der Waals surface area contributed by atoms with Crippen LogP contribution in [0.4, 0.5) is 5.82 Å². The minimum Gasteiger partial charge on any atom is -0.486 e. The number of rotatable bonds is 1. The maximum absolute atomic E-state index is 5.86. The van der Waals surface area contributed by atoms with Crippen molar-refractivity contribution < 1.29 is 9.47 Å². The Morgan fingerprint density at radius 3 is 2.74 bits per heavy atom. The number of aryl methyl sites for hydroxylation is 1. The van der Waals surface area contributed by atoms with Gasteiger partial charge >= 0.3 is 0 Å². The molecule has 3 rings (SSSR count). The molecule has 1 aromatic heterocycles. The number of fused-ring (bicyclic) bond motifs is 1. The molecule has 2 aromatic rings. The number of benzene rings is 1. The van der Waals surface area contributed by atoms with E-state index in [2.05, 4.69) is 21.0 Å². The van der Waals surface area contributed by atoms with Crippen LogP contribution in [-0.4, -0.2) is 23.0 Å². The molecule has 0 spiro atoms. The van der Waals surface area contributed by atoms with Crippen molar-refractivity contribution in [2.24, 2.45) is 7.05 Å². The number of halogens is 1. The van der Waals surface area contributed by atoms with E-state index in [-0.39, 0.29) is 0 Å². The number of hydrogen-bond acceptors (Lipinski definition) is 4. The van der Waals surface area contributed by atoms with E-state index in [0.717, 1.165) is 32.8 Å². The van der Waals surface area contributed by atoms with E-state index in [0.29, 0.717) is 19.0 Å². The second-order valence-corrected chi connectivity index (χ2v) is 5.31. The number of aromatic nitrogens is 2. The standard InChI is InChI=1S/C13H14BrN3O2/c1-7-8(14)5-10-13(19-4-3-18-10)12(7)9-6-11(15)17(2)16-9/h5-6H,3-4,15H2,1-2H3. The molecule has 2 N–H and O–H groups in total. The van der Waals surface area contributed by atoms with Gasteiger partial charge < -0.3 is 15.2 Å². The lowest BCUT2D eigenvalue weighted by atomic mass is 10.0.